The highest BCUT2D eigenvalue weighted by Crippen LogP contribution is 2.18. The van der Waals surface area contributed by atoms with E-state index in [9.17, 15) is 8.78 Å². The average molecular weight is 570 g/mol. The maximum atomic E-state index is 13.2. The van der Waals surface area contributed by atoms with Gasteiger partial charge in [-0.2, -0.15) is 0 Å². The first-order chi connectivity index (χ1) is 15.5. The standard InChI is InChI=1S/C14H20BrF.C14H16BrF/c2*1-2-3-4-5-6-7-8-12-9-10-13(15)14(16)11-12/h9-11H,2-8H2,1H3;9-11H,2-6H2,1H3. The van der Waals surface area contributed by atoms with Crippen molar-refractivity contribution in [1.82, 2.24) is 0 Å². The van der Waals surface area contributed by atoms with Crippen LogP contribution in [0.2, 0.25) is 0 Å². The van der Waals surface area contributed by atoms with Gasteiger partial charge >= 0.3 is 0 Å². The summed E-state index contributed by atoms with van der Waals surface area (Å²) in [6, 6.07) is 10.4. The molecule has 2 rings (SSSR count). The van der Waals surface area contributed by atoms with E-state index in [1.807, 2.05) is 12.1 Å². The van der Waals surface area contributed by atoms with Gasteiger partial charge in [-0.05, 0) is 87.0 Å². The summed E-state index contributed by atoms with van der Waals surface area (Å²) in [7, 11) is 0. The van der Waals surface area contributed by atoms with Crippen molar-refractivity contribution in [2.75, 3.05) is 0 Å². The topological polar surface area (TPSA) is 0 Å². The fourth-order valence-electron chi connectivity index (χ4n) is 3.18. The molecule has 0 fully saturated rings. The molecule has 0 atom stereocenters. The van der Waals surface area contributed by atoms with Crippen LogP contribution in [0.3, 0.4) is 0 Å². The minimum Gasteiger partial charge on any atom is -0.206 e. The van der Waals surface area contributed by atoms with E-state index in [0.717, 1.165) is 30.4 Å². The van der Waals surface area contributed by atoms with E-state index in [0.29, 0.717) is 8.95 Å². The maximum Gasteiger partial charge on any atom is 0.138 e. The number of unbranched alkanes of at least 4 members (excludes halogenated alkanes) is 9. The zero-order valence-electron chi connectivity index (χ0n) is 19.5. The van der Waals surface area contributed by atoms with E-state index in [4.69, 9.17) is 0 Å². The van der Waals surface area contributed by atoms with Crippen LogP contribution in [0.4, 0.5) is 8.78 Å². The van der Waals surface area contributed by atoms with Crippen molar-refractivity contribution in [3.63, 3.8) is 0 Å². The molecule has 0 nitrogen and oxygen atoms in total. The maximum absolute atomic E-state index is 13.2. The van der Waals surface area contributed by atoms with Crippen molar-refractivity contribution in [1.29, 1.82) is 0 Å². The van der Waals surface area contributed by atoms with Gasteiger partial charge in [-0.25, -0.2) is 8.78 Å². The van der Waals surface area contributed by atoms with Crippen LogP contribution in [0.25, 0.3) is 0 Å². The SMILES string of the molecule is CCCCCCC#Cc1ccc(Br)c(F)c1.CCCCCCCCc1ccc(Br)c(F)c1. The molecule has 176 valence electrons. The van der Waals surface area contributed by atoms with Crippen molar-refractivity contribution in [2.24, 2.45) is 0 Å². The quantitative estimate of drug-likeness (QED) is 0.186. The Labute approximate surface area is 210 Å². The summed E-state index contributed by atoms with van der Waals surface area (Å²) in [6.45, 7) is 4.42. The molecule has 0 aliphatic rings. The van der Waals surface area contributed by atoms with Crippen molar-refractivity contribution in [2.45, 2.75) is 90.9 Å². The molecule has 0 bridgehead atoms. The lowest BCUT2D eigenvalue weighted by atomic mass is 10.1. The third-order valence-corrected chi connectivity index (χ3v) is 6.40. The molecule has 2 aromatic carbocycles. The molecule has 0 N–H and O–H groups in total. The lowest BCUT2D eigenvalue weighted by Crippen LogP contribution is -1.88. The molecule has 0 amide bonds. The van der Waals surface area contributed by atoms with Gasteiger partial charge in [-0.1, -0.05) is 83.1 Å². The van der Waals surface area contributed by atoms with Gasteiger partial charge in [-0.15, -0.1) is 0 Å². The van der Waals surface area contributed by atoms with Crippen LogP contribution in [0.5, 0.6) is 0 Å². The summed E-state index contributed by atoms with van der Waals surface area (Å²) in [5.74, 6) is 5.65. The Balaban J connectivity index is 0.000000320. The molecule has 0 saturated carbocycles. The van der Waals surface area contributed by atoms with Gasteiger partial charge in [0.05, 0.1) is 8.95 Å². The van der Waals surface area contributed by atoms with Crippen molar-refractivity contribution >= 4 is 31.9 Å². The molecule has 0 spiro atoms. The molecule has 0 aliphatic carbocycles. The van der Waals surface area contributed by atoms with Gasteiger partial charge in [0.2, 0.25) is 0 Å². The summed E-state index contributed by atoms with van der Waals surface area (Å²) in [5.41, 5.74) is 1.85. The number of hydrogen-bond donors (Lipinski definition) is 0. The van der Waals surface area contributed by atoms with Crippen LogP contribution in [-0.2, 0) is 6.42 Å². The van der Waals surface area contributed by atoms with Crippen LogP contribution in [0.1, 0.15) is 95.6 Å². The van der Waals surface area contributed by atoms with E-state index >= 15 is 0 Å². The zero-order valence-corrected chi connectivity index (χ0v) is 22.6. The van der Waals surface area contributed by atoms with Gasteiger partial charge in [0.25, 0.3) is 0 Å². The Bertz CT molecular complexity index is 837. The number of rotatable bonds is 11. The van der Waals surface area contributed by atoms with E-state index < -0.39 is 0 Å². The van der Waals surface area contributed by atoms with E-state index in [1.54, 1.807) is 18.2 Å². The Kier molecular flexibility index (Phi) is 16.5. The van der Waals surface area contributed by atoms with Gasteiger partial charge in [0, 0.05) is 12.0 Å². The lowest BCUT2D eigenvalue weighted by Gasteiger charge is -2.03. The second kappa shape index (κ2) is 18.3. The third kappa shape index (κ3) is 13.4. The predicted octanol–water partition coefficient (Wildman–Crippen LogP) is 10.4. The lowest BCUT2D eigenvalue weighted by molar-refractivity contribution is 0.600. The third-order valence-electron chi connectivity index (χ3n) is 5.11. The van der Waals surface area contributed by atoms with Gasteiger partial charge < -0.3 is 0 Å². The first kappa shape index (κ1) is 28.9. The summed E-state index contributed by atoms with van der Waals surface area (Å²) in [4.78, 5) is 0. The molecule has 0 aliphatic heterocycles. The largest absolute Gasteiger partial charge is 0.206 e. The first-order valence-electron chi connectivity index (χ1n) is 11.9. The fraction of sp³-hybridized carbons (Fsp3) is 0.500. The minimum absolute atomic E-state index is 0.150. The fourth-order valence-corrected chi connectivity index (χ4v) is 3.68. The molecular weight excluding hydrogens is 534 g/mol. The smallest absolute Gasteiger partial charge is 0.138 e. The van der Waals surface area contributed by atoms with Gasteiger partial charge in [-0.3, -0.25) is 0 Å². The molecule has 0 unspecified atom stereocenters. The van der Waals surface area contributed by atoms with E-state index in [-0.39, 0.29) is 11.6 Å². The highest BCUT2D eigenvalue weighted by molar-refractivity contribution is 9.10. The molecule has 0 radical (unpaired) electrons. The second-order valence-corrected chi connectivity index (χ2v) is 9.72. The molecule has 4 heteroatoms. The summed E-state index contributed by atoms with van der Waals surface area (Å²) >= 11 is 6.28. The Morgan fingerprint density at radius 3 is 1.88 bits per heavy atom. The Morgan fingerprint density at radius 1 is 0.688 bits per heavy atom. The van der Waals surface area contributed by atoms with Crippen molar-refractivity contribution < 1.29 is 8.78 Å². The van der Waals surface area contributed by atoms with Crippen LogP contribution >= 0.6 is 31.9 Å². The minimum atomic E-state index is -0.252. The summed E-state index contributed by atoms with van der Waals surface area (Å²) in [6.07, 6.45) is 14.5. The average Bonchev–Trinajstić information content (AvgIpc) is 2.78. The number of benzene rings is 2. The number of hydrogen-bond acceptors (Lipinski definition) is 0. The van der Waals surface area contributed by atoms with Crippen LogP contribution in [0.15, 0.2) is 45.3 Å². The molecule has 32 heavy (non-hydrogen) atoms. The molecular formula is C28H36Br2F2. The van der Waals surface area contributed by atoms with Gasteiger partial charge in [0.15, 0.2) is 0 Å². The number of halogens is 4. The van der Waals surface area contributed by atoms with Crippen molar-refractivity contribution in [3.8, 4) is 11.8 Å². The molecule has 0 aromatic heterocycles. The number of aryl methyl sites for hydroxylation is 1. The van der Waals surface area contributed by atoms with Crippen LogP contribution < -0.4 is 0 Å². The van der Waals surface area contributed by atoms with Crippen LogP contribution in [-0.4, -0.2) is 0 Å². The monoisotopic (exact) mass is 568 g/mol. The van der Waals surface area contributed by atoms with Crippen LogP contribution in [0, 0.1) is 23.5 Å². The van der Waals surface area contributed by atoms with Crippen molar-refractivity contribution in [3.05, 3.63) is 68.1 Å². The normalized spacial score (nSPS) is 10.2. The summed E-state index contributed by atoms with van der Waals surface area (Å²) in [5, 5.41) is 0. The second-order valence-electron chi connectivity index (χ2n) is 8.01. The highest BCUT2D eigenvalue weighted by atomic mass is 79.9. The Hall–Kier alpha value is -1.18. The van der Waals surface area contributed by atoms with E-state index in [2.05, 4.69) is 57.5 Å². The first-order valence-corrected chi connectivity index (χ1v) is 13.4. The highest BCUT2D eigenvalue weighted by Gasteiger charge is 2.00. The van der Waals surface area contributed by atoms with E-state index in [1.165, 1.54) is 63.9 Å². The summed E-state index contributed by atoms with van der Waals surface area (Å²) < 4.78 is 27.4. The molecule has 0 heterocycles. The predicted molar refractivity (Wildman–Crippen MR) is 141 cm³/mol. The zero-order chi connectivity index (χ0) is 23.6. The molecule has 0 saturated heterocycles. The Morgan fingerprint density at radius 2 is 1.25 bits per heavy atom. The van der Waals surface area contributed by atoms with Gasteiger partial charge in [0.1, 0.15) is 11.6 Å². The molecule has 2 aromatic rings.